The number of hydrogen-bond acceptors (Lipinski definition) is 8. The van der Waals surface area contributed by atoms with E-state index in [1.54, 1.807) is 27.2 Å². The molecule has 0 spiro atoms. The molecular formula is C25H27N3O6S. The minimum Gasteiger partial charge on any atom is -0.496 e. The Bertz CT molecular complexity index is 1340. The van der Waals surface area contributed by atoms with Crippen molar-refractivity contribution in [2.75, 3.05) is 36.9 Å². The third-order valence-electron chi connectivity index (χ3n) is 5.71. The Hall–Kier alpha value is -3.79. The van der Waals surface area contributed by atoms with Gasteiger partial charge in [0.25, 0.3) is 10.0 Å². The van der Waals surface area contributed by atoms with E-state index in [-0.39, 0.29) is 16.5 Å². The standard InChI is InChI=1S/C25H27N3O6S/c1-17-14-25(26-34-17)27-35(30,31)20-9-6-18(7-10-20)22(29)11-8-19-15-21(28-12-4-5-13-28)24(33-3)16-23(19)32-2/h6-11,14-16H,4-5,12-13H2,1-3H3,(H,26,27). The van der Waals surface area contributed by atoms with Crippen LogP contribution in [0.25, 0.3) is 6.08 Å². The number of carbonyl (C=O) groups excluding carboxylic acids is 1. The summed E-state index contributed by atoms with van der Waals surface area (Å²) < 4.78 is 43.4. The minimum atomic E-state index is -3.86. The van der Waals surface area contributed by atoms with Gasteiger partial charge in [-0.25, -0.2) is 8.42 Å². The monoisotopic (exact) mass is 497 g/mol. The Morgan fingerprint density at radius 1 is 1.06 bits per heavy atom. The highest BCUT2D eigenvalue weighted by Crippen LogP contribution is 2.37. The van der Waals surface area contributed by atoms with Gasteiger partial charge in [0.1, 0.15) is 17.3 Å². The lowest BCUT2D eigenvalue weighted by Gasteiger charge is -2.22. The number of sulfonamides is 1. The summed E-state index contributed by atoms with van der Waals surface area (Å²) in [6.07, 6.45) is 5.38. The first-order valence-corrected chi connectivity index (χ1v) is 12.6. The molecule has 4 rings (SSSR count). The second-order valence-corrected chi connectivity index (χ2v) is 9.79. The van der Waals surface area contributed by atoms with Gasteiger partial charge in [-0.3, -0.25) is 9.52 Å². The molecule has 0 saturated carbocycles. The molecule has 0 amide bonds. The van der Waals surface area contributed by atoms with Crippen molar-refractivity contribution in [1.82, 2.24) is 5.16 Å². The van der Waals surface area contributed by atoms with Gasteiger partial charge in [0.15, 0.2) is 11.6 Å². The van der Waals surface area contributed by atoms with Crippen LogP contribution in [0.3, 0.4) is 0 Å². The number of anilines is 2. The topological polar surface area (TPSA) is 111 Å². The fourth-order valence-electron chi connectivity index (χ4n) is 3.91. The van der Waals surface area contributed by atoms with Crippen LogP contribution in [0, 0.1) is 6.92 Å². The highest BCUT2D eigenvalue weighted by atomic mass is 32.2. The number of ketones is 1. The van der Waals surface area contributed by atoms with Crippen molar-refractivity contribution in [3.8, 4) is 11.5 Å². The van der Waals surface area contributed by atoms with Crippen molar-refractivity contribution in [1.29, 1.82) is 0 Å². The lowest BCUT2D eigenvalue weighted by atomic mass is 10.1. The predicted octanol–water partition coefficient (Wildman–Crippen LogP) is 4.30. The Morgan fingerprint density at radius 2 is 1.74 bits per heavy atom. The molecule has 0 aliphatic carbocycles. The van der Waals surface area contributed by atoms with Gasteiger partial charge in [0, 0.05) is 36.3 Å². The number of ether oxygens (including phenoxy) is 2. The van der Waals surface area contributed by atoms with E-state index in [1.807, 2.05) is 12.1 Å². The SMILES string of the molecule is COc1cc(OC)c(N2CCCC2)cc1C=CC(=O)c1ccc(S(=O)(=O)Nc2cc(C)on2)cc1. The summed E-state index contributed by atoms with van der Waals surface area (Å²) in [6, 6.07) is 10.9. The minimum absolute atomic E-state index is 0.00533. The van der Waals surface area contributed by atoms with Gasteiger partial charge in [-0.1, -0.05) is 5.16 Å². The molecule has 3 aromatic rings. The van der Waals surface area contributed by atoms with E-state index < -0.39 is 10.0 Å². The van der Waals surface area contributed by atoms with Gasteiger partial charge in [-0.05, 0) is 62.2 Å². The number of hydrogen-bond donors (Lipinski definition) is 1. The first-order valence-electron chi connectivity index (χ1n) is 11.1. The van der Waals surface area contributed by atoms with Crippen LogP contribution >= 0.6 is 0 Å². The zero-order chi connectivity index (χ0) is 25.0. The van der Waals surface area contributed by atoms with Crippen LogP contribution in [-0.2, 0) is 10.0 Å². The quantitative estimate of drug-likeness (QED) is 0.344. The second kappa shape index (κ2) is 10.2. The zero-order valence-electron chi connectivity index (χ0n) is 19.8. The first kappa shape index (κ1) is 24.3. The molecule has 0 atom stereocenters. The molecule has 0 bridgehead atoms. The predicted molar refractivity (Wildman–Crippen MR) is 133 cm³/mol. The van der Waals surface area contributed by atoms with Gasteiger partial charge in [0.05, 0.1) is 24.8 Å². The van der Waals surface area contributed by atoms with Gasteiger partial charge in [0.2, 0.25) is 0 Å². The first-order chi connectivity index (χ1) is 16.8. The average Bonchev–Trinajstić information content (AvgIpc) is 3.53. The third kappa shape index (κ3) is 5.48. The highest BCUT2D eigenvalue weighted by Gasteiger charge is 2.20. The maximum absolute atomic E-state index is 12.8. The van der Waals surface area contributed by atoms with Crippen molar-refractivity contribution in [2.24, 2.45) is 0 Å². The zero-order valence-corrected chi connectivity index (χ0v) is 20.6. The van der Waals surface area contributed by atoms with Crippen LogP contribution in [0.5, 0.6) is 11.5 Å². The smallest absolute Gasteiger partial charge is 0.263 e. The molecule has 35 heavy (non-hydrogen) atoms. The summed E-state index contributed by atoms with van der Waals surface area (Å²) in [5, 5.41) is 3.63. The molecule has 1 saturated heterocycles. The van der Waals surface area contributed by atoms with Crippen molar-refractivity contribution in [3.05, 3.63) is 65.4 Å². The van der Waals surface area contributed by atoms with Gasteiger partial charge >= 0.3 is 0 Å². The summed E-state index contributed by atoms with van der Waals surface area (Å²) in [5.41, 5.74) is 2.06. The summed E-state index contributed by atoms with van der Waals surface area (Å²) in [5.74, 6) is 1.61. The maximum Gasteiger partial charge on any atom is 0.263 e. The highest BCUT2D eigenvalue weighted by molar-refractivity contribution is 7.92. The maximum atomic E-state index is 12.8. The number of rotatable bonds is 9. The third-order valence-corrected chi connectivity index (χ3v) is 7.08. The second-order valence-electron chi connectivity index (χ2n) is 8.11. The molecule has 2 heterocycles. The van der Waals surface area contributed by atoms with Crippen LogP contribution in [0.2, 0.25) is 0 Å². The fraction of sp³-hybridized carbons (Fsp3) is 0.280. The van der Waals surface area contributed by atoms with Gasteiger partial charge in [-0.2, -0.15) is 0 Å². The number of methoxy groups -OCH3 is 2. The van der Waals surface area contributed by atoms with Crippen LogP contribution < -0.4 is 19.1 Å². The van der Waals surface area contributed by atoms with Crippen molar-refractivity contribution < 1.29 is 27.2 Å². The normalized spacial score (nSPS) is 13.9. The molecule has 9 nitrogen and oxygen atoms in total. The number of nitrogens with zero attached hydrogens (tertiary/aromatic N) is 2. The lowest BCUT2D eigenvalue weighted by molar-refractivity contribution is 0.104. The van der Waals surface area contributed by atoms with E-state index in [0.29, 0.717) is 17.1 Å². The summed E-state index contributed by atoms with van der Waals surface area (Å²) >= 11 is 0. The van der Waals surface area contributed by atoms with Crippen LogP contribution in [0.4, 0.5) is 11.5 Å². The molecule has 1 aliphatic rings. The van der Waals surface area contributed by atoms with Gasteiger partial charge < -0.3 is 18.9 Å². The number of aromatic nitrogens is 1. The Morgan fingerprint density at radius 3 is 2.34 bits per heavy atom. The van der Waals surface area contributed by atoms with Crippen molar-refractivity contribution in [3.63, 3.8) is 0 Å². The van der Waals surface area contributed by atoms with E-state index >= 15 is 0 Å². The number of benzene rings is 2. The number of allylic oxidation sites excluding steroid dienone is 1. The molecule has 1 aromatic heterocycles. The molecule has 1 N–H and O–H groups in total. The number of nitrogens with one attached hydrogen (secondary N) is 1. The van der Waals surface area contributed by atoms with Gasteiger partial charge in [-0.15, -0.1) is 0 Å². The van der Waals surface area contributed by atoms with E-state index in [0.717, 1.165) is 42.9 Å². The summed E-state index contributed by atoms with van der Waals surface area (Å²) in [6.45, 7) is 3.56. The molecule has 0 unspecified atom stereocenters. The van der Waals surface area contributed by atoms with Crippen molar-refractivity contribution >= 4 is 33.4 Å². The molecule has 1 fully saturated rings. The van der Waals surface area contributed by atoms with E-state index in [2.05, 4.69) is 14.8 Å². The fourth-order valence-corrected chi connectivity index (χ4v) is 4.90. The average molecular weight is 498 g/mol. The Labute approximate surface area is 204 Å². The Kier molecular flexibility index (Phi) is 7.11. The van der Waals surface area contributed by atoms with E-state index in [9.17, 15) is 13.2 Å². The Balaban J connectivity index is 1.53. The molecule has 1 aliphatic heterocycles. The van der Waals surface area contributed by atoms with E-state index in [4.69, 9.17) is 14.0 Å². The van der Waals surface area contributed by atoms with Crippen LogP contribution in [0.15, 0.2) is 58.0 Å². The molecule has 2 aromatic carbocycles. The number of aryl methyl sites for hydroxylation is 1. The van der Waals surface area contributed by atoms with Crippen molar-refractivity contribution in [2.45, 2.75) is 24.7 Å². The number of carbonyl (C=O) groups is 1. The molecule has 10 heteroatoms. The largest absolute Gasteiger partial charge is 0.496 e. The van der Waals surface area contributed by atoms with Crippen LogP contribution in [0.1, 0.15) is 34.5 Å². The summed E-state index contributed by atoms with van der Waals surface area (Å²) in [7, 11) is -0.670. The molecule has 0 radical (unpaired) electrons. The molecule has 184 valence electrons. The van der Waals surface area contributed by atoms with Crippen LogP contribution in [-0.4, -0.2) is 46.7 Å². The molecular weight excluding hydrogens is 470 g/mol. The lowest BCUT2D eigenvalue weighted by Crippen LogP contribution is -2.18. The van der Waals surface area contributed by atoms with E-state index in [1.165, 1.54) is 36.4 Å². The summed E-state index contributed by atoms with van der Waals surface area (Å²) in [4.78, 5) is 15.0.